The van der Waals surface area contributed by atoms with Crippen LogP contribution in [0.4, 0.5) is 0 Å². The summed E-state index contributed by atoms with van der Waals surface area (Å²) < 4.78 is 5.03. The van der Waals surface area contributed by atoms with Crippen molar-refractivity contribution in [3.05, 3.63) is 30.0 Å². The van der Waals surface area contributed by atoms with Gasteiger partial charge in [0.25, 0.3) is 0 Å². The first-order chi connectivity index (χ1) is 6.25. The molecular formula is C11H13NO. The minimum Gasteiger partial charge on any atom is -0.356 e. The molecule has 0 saturated carbocycles. The Morgan fingerprint density at radius 1 is 1.38 bits per heavy atom. The van der Waals surface area contributed by atoms with Crippen LogP contribution in [0.25, 0.3) is 11.0 Å². The topological polar surface area (TPSA) is 26.0 Å². The molecule has 68 valence electrons. The summed E-state index contributed by atoms with van der Waals surface area (Å²) in [6.45, 7) is 4.44. The van der Waals surface area contributed by atoms with Crippen LogP contribution in [0.3, 0.4) is 0 Å². The Kier molecular flexibility index (Phi) is 2.05. The quantitative estimate of drug-likeness (QED) is 0.701. The normalized spacial score (nSPS) is 11.3. The highest BCUT2D eigenvalue weighted by Crippen LogP contribution is 2.17. The molecule has 0 bridgehead atoms. The van der Waals surface area contributed by atoms with E-state index in [9.17, 15) is 0 Å². The molecule has 2 rings (SSSR count). The van der Waals surface area contributed by atoms with E-state index in [1.807, 2.05) is 6.07 Å². The smallest absolute Gasteiger partial charge is 0.166 e. The lowest BCUT2D eigenvalue weighted by atomic mass is 10.0. The lowest BCUT2D eigenvalue weighted by Crippen LogP contribution is -1.92. The molecule has 0 amide bonds. The van der Waals surface area contributed by atoms with Gasteiger partial charge in [-0.05, 0) is 30.0 Å². The zero-order chi connectivity index (χ0) is 9.26. The number of hydrogen-bond donors (Lipinski definition) is 0. The lowest BCUT2D eigenvalue weighted by molar-refractivity contribution is 0.456. The van der Waals surface area contributed by atoms with Crippen LogP contribution in [0.1, 0.15) is 19.4 Å². The van der Waals surface area contributed by atoms with E-state index in [1.165, 1.54) is 5.56 Å². The fourth-order valence-electron chi connectivity index (χ4n) is 1.52. The molecule has 13 heavy (non-hydrogen) atoms. The number of benzene rings is 1. The summed E-state index contributed by atoms with van der Waals surface area (Å²) in [6.07, 6.45) is 2.88. The molecule has 1 aromatic heterocycles. The molecule has 0 N–H and O–H groups in total. The summed E-state index contributed by atoms with van der Waals surface area (Å²) in [6, 6.07) is 6.24. The highest BCUT2D eigenvalue weighted by atomic mass is 16.5. The first kappa shape index (κ1) is 8.30. The Hall–Kier alpha value is -1.31. The van der Waals surface area contributed by atoms with Gasteiger partial charge < -0.3 is 4.52 Å². The zero-order valence-electron chi connectivity index (χ0n) is 7.95. The van der Waals surface area contributed by atoms with Crippen LogP contribution in [0.5, 0.6) is 0 Å². The second-order valence-electron chi connectivity index (χ2n) is 3.80. The van der Waals surface area contributed by atoms with Crippen LogP contribution < -0.4 is 0 Å². The average Bonchev–Trinajstić information content (AvgIpc) is 2.49. The average molecular weight is 175 g/mol. The van der Waals surface area contributed by atoms with E-state index in [4.69, 9.17) is 4.52 Å². The first-order valence-corrected chi connectivity index (χ1v) is 4.59. The Balaban J connectivity index is 2.37. The van der Waals surface area contributed by atoms with E-state index in [0.29, 0.717) is 5.92 Å². The molecule has 0 saturated heterocycles. The third kappa shape index (κ3) is 1.72. The van der Waals surface area contributed by atoms with Crippen molar-refractivity contribution >= 4 is 11.0 Å². The van der Waals surface area contributed by atoms with Gasteiger partial charge in [0.15, 0.2) is 5.58 Å². The van der Waals surface area contributed by atoms with E-state index < -0.39 is 0 Å². The van der Waals surface area contributed by atoms with Gasteiger partial charge in [0, 0.05) is 5.39 Å². The van der Waals surface area contributed by atoms with Crippen molar-refractivity contribution in [1.29, 1.82) is 0 Å². The van der Waals surface area contributed by atoms with Crippen LogP contribution in [0.15, 0.2) is 28.9 Å². The monoisotopic (exact) mass is 175 g/mol. The number of aromatic nitrogens is 1. The Morgan fingerprint density at radius 3 is 3.00 bits per heavy atom. The molecule has 0 radical (unpaired) electrons. The summed E-state index contributed by atoms with van der Waals surface area (Å²) in [5, 5.41) is 4.84. The summed E-state index contributed by atoms with van der Waals surface area (Å²) in [5.74, 6) is 0.692. The number of hydrogen-bond acceptors (Lipinski definition) is 2. The third-order valence-corrected chi connectivity index (χ3v) is 2.06. The molecule has 0 spiro atoms. The molecule has 0 aliphatic heterocycles. The van der Waals surface area contributed by atoms with Crippen LogP contribution >= 0.6 is 0 Å². The number of rotatable bonds is 2. The Morgan fingerprint density at radius 2 is 2.23 bits per heavy atom. The maximum atomic E-state index is 5.03. The highest BCUT2D eigenvalue weighted by Gasteiger charge is 2.01. The third-order valence-electron chi connectivity index (χ3n) is 2.06. The molecule has 2 aromatic rings. The van der Waals surface area contributed by atoms with Crippen LogP contribution in [0, 0.1) is 5.92 Å². The number of nitrogens with zero attached hydrogens (tertiary/aromatic N) is 1. The van der Waals surface area contributed by atoms with Crippen molar-refractivity contribution in [3.8, 4) is 0 Å². The van der Waals surface area contributed by atoms with Crippen molar-refractivity contribution in [2.24, 2.45) is 5.92 Å². The molecule has 0 unspecified atom stereocenters. The summed E-state index contributed by atoms with van der Waals surface area (Å²) in [7, 11) is 0. The summed E-state index contributed by atoms with van der Waals surface area (Å²) in [5.41, 5.74) is 2.22. The Labute approximate surface area is 77.5 Å². The van der Waals surface area contributed by atoms with Gasteiger partial charge >= 0.3 is 0 Å². The van der Waals surface area contributed by atoms with Crippen molar-refractivity contribution in [3.63, 3.8) is 0 Å². The molecule has 0 aliphatic carbocycles. The van der Waals surface area contributed by atoms with Crippen molar-refractivity contribution in [2.75, 3.05) is 0 Å². The first-order valence-electron chi connectivity index (χ1n) is 4.59. The SMILES string of the molecule is CC(C)Cc1ccc2oncc2c1. The standard InChI is InChI=1S/C11H13NO/c1-8(2)5-9-3-4-11-10(6-9)7-12-13-11/h3-4,6-8H,5H2,1-2H3. The molecule has 1 heterocycles. The van der Waals surface area contributed by atoms with E-state index in [0.717, 1.165) is 17.4 Å². The van der Waals surface area contributed by atoms with Gasteiger partial charge in [-0.1, -0.05) is 25.1 Å². The van der Waals surface area contributed by atoms with Crippen molar-refractivity contribution < 1.29 is 4.52 Å². The van der Waals surface area contributed by atoms with Crippen LogP contribution in [-0.4, -0.2) is 5.16 Å². The lowest BCUT2D eigenvalue weighted by Gasteiger charge is -2.03. The minimum absolute atomic E-state index is 0.692. The minimum atomic E-state index is 0.692. The van der Waals surface area contributed by atoms with E-state index >= 15 is 0 Å². The van der Waals surface area contributed by atoms with Gasteiger partial charge in [0.05, 0.1) is 6.20 Å². The van der Waals surface area contributed by atoms with Gasteiger partial charge in [-0.25, -0.2) is 0 Å². The predicted molar refractivity (Wildman–Crippen MR) is 52.6 cm³/mol. The highest BCUT2D eigenvalue weighted by molar-refractivity contribution is 5.76. The second kappa shape index (κ2) is 3.21. The van der Waals surface area contributed by atoms with Crippen LogP contribution in [-0.2, 0) is 6.42 Å². The molecule has 0 aliphatic rings. The molecule has 2 heteroatoms. The van der Waals surface area contributed by atoms with E-state index in [-0.39, 0.29) is 0 Å². The van der Waals surface area contributed by atoms with Gasteiger partial charge in [-0.2, -0.15) is 0 Å². The van der Waals surface area contributed by atoms with Gasteiger partial charge in [-0.3, -0.25) is 0 Å². The molecule has 0 atom stereocenters. The molecule has 2 nitrogen and oxygen atoms in total. The largest absolute Gasteiger partial charge is 0.356 e. The maximum Gasteiger partial charge on any atom is 0.166 e. The van der Waals surface area contributed by atoms with Crippen molar-refractivity contribution in [1.82, 2.24) is 5.16 Å². The summed E-state index contributed by atoms with van der Waals surface area (Å²) >= 11 is 0. The fraction of sp³-hybridized carbons (Fsp3) is 0.364. The number of fused-ring (bicyclic) bond motifs is 1. The van der Waals surface area contributed by atoms with E-state index in [1.54, 1.807) is 6.20 Å². The Bertz CT molecular complexity index is 403. The van der Waals surface area contributed by atoms with E-state index in [2.05, 4.69) is 31.1 Å². The van der Waals surface area contributed by atoms with Gasteiger partial charge in [0.2, 0.25) is 0 Å². The van der Waals surface area contributed by atoms with Crippen molar-refractivity contribution in [2.45, 2.75) is 20.3 Å². The molecule has 0 fully saturated rings. The van der Waals surface area contributed by atoms with Gasteiger partial charge in [-0.15, -0.1) is 0 Å². The predicted octanol–water partition coefficient (Wildman–Crippen LogP) is 3.03. The summed E-state index contributed by atoms with van der Waals surface area (Å²) in [4.78, 5) is 0. The molecule has 1 aromatic carbocycles. The maximum absolute atomic E-state index is 5.03. The zero-order valence-corrected chi connectivity index (χ0v) is 7.95. The molecular weight excluding hydrogens is 162 g/mol. The second-order valence-corrected chi connectivity index (χ2v) is 3.80. The van der Waals surface area contributed by atoms with Gasteiger partial charge in [0.1, 0.15) is 0 Å². The van der Waals surface area contributed by atoms with Crippen LogP contribution in [0.2, 0.25) is 0 Å². The fourth-order valence-corrected chi connectivity index (χ4v) is 1.52.